The topological polar surface area (TPSA) is 136 Å². The van der Waals surface area contributed by atoms with Gasteiger partial charge in [0.2, 0.25) is 23.6 Å². The summed E-state index contributed by atoms with van der Waals surface area (Å²) in [5, 5.41) is 21.9. The van der Waals surface area contributed by atoms with E-state index in [1.165, 1.54) is 0 Å². The van der Waals surface area contributed by atoms with E-state index in [4.69, 9.17) is 8.83 Å². The molecule has 174 valence electrons. The fourth-order valence-corrected chi connectivity index (χ4v) is 3.88. The molecule has 10 nitrogen and oxygen atoms in total. The molecule has 0 atom stereocenters. The van der Waals surface area contributed by atoms with E-state index in [-0.39, 0.29) is 23.3 Å². The van der Waals surface area contributed by atoms with Gasteiger partial charge in [-0.1, -0.05) is 59.9 Å². The van der Waals surface area contributed by atoms with Gasteiger partial charge in [0.25, 0.3) is 10.4 Å². The van der Waals surface area contributed by atoms with Crippen LogP contribution >= 0.6 is 23.5 Å². The molecule has 12 heteroatoms. The second-order valence-electron chi connectivity index (χ2n) is 6.76. The minimum atomic E-state index is -0.201. The maximum atomic E-state index is 12.0. The first kappa shape index (κ1) is 23.5. The van der Waals surface area contributed by atoms with E-state index in [2.05, 4.69) is 31.0 Å². The Bertz CT molecular complexity index is 1120. The van der Waals surface area contributed by atoms with Crippen molar-refractivity contribution >= 4 is 35.3 Å². The third kappa shape index (κ3) is 6.93. The number of carbonyl (C=O) groups excluding carboxylic acids is 2. The lowest BCUT2D eigenvalue weighted by Crippen LogP contribution is -2.36. The summed E-state index contributed by atoms with van der Waals surface area (Å²) in [6.45, 7) is 0.598. The number of aromatic nitrogens is 4. The maximum absolute atomic E-state index is 12.0. The van der Waals surface area contributed by atoms with Crippen molar-refractivity contribution in [2.45, 2.75) is 10.4 Å². The zero-order valence-corrected chi connectivity index (χ0v) is 19.5. The van der Waals surface area contributed by atoms with Gasteiger partial charge in [-0.2, -0.15) is 0 Å². The van der Waals surface area contributed by atoms with Crippen LogP contribution in [-0.2, 0) is 9.59 Å². The molecule has 34 heavy (non-hydrogen) atoms. The number of amides is 2. The molecule has 2 aromatic carbocycles. The molecule has 0 saturated carbocycles. The van der Waals surface area contributed by atoms with Crippen molar-refractivity contribution in [3.05, 3.63) is 60.7 Å². The summed E-state index contributed by atoms with van der Waals surface area (Å²) in [6.07, 6.45) is 0. The molecule has 4 rings (SSSR count). The molecule has 0 fully saturated rings. The van der Waals surface area contributed by atoms with Crippen molar-refractivity contribution in [1.82, 2.24) is 31.0 Å². The average Bonchev–Trinajstić information content (AvgIpc) is 3.55. The number of hydrogen-bond acceptors (Lipinski definition) is 10. The number of thioether (sulfide) groups is 2. The van der Waals surface area contributed by atoms with Crippen LogP contribution in [0.15, 0.2) is 79.9 Å². The lowest BCUT2D eigenvalue weighted by molar-refractivity contribution is -0.120. The van der Waals surface area contributed by atoms with Crippen LogP contribution in [0, 0.1) is 0 Å². The highest BCUT2D eigenvalue weighted by Crippen LogP contribution is 2.23. The minimum Gasteiger partial charge on any atom is -0.411 e. The summed E-state index contributed by atoms with van der Waals surface area (Å²) < 4.78 is 11.1. The van der Waals surface area contributed by atoms with Gasteiger partial charge in [0.1, 0.15) is 0 Å². The lowest BCUT2D eigenvalue weighted by Gasteiger charge is -2.05. The minimum absolute atomic E-state index is 0.126. The van der Waals surface area contributed by atoms with Gasteiger partial charge in [0.05, 0.1) is 11.5 Å². The van der Waals surface area contributed by atoms with Crippen molar-refractivity contribution in [3.63, 3.8) is 0 Å². The Balaban J connectivity index is 1.09. The van der Waals surface area contributed by atoms with Crippen molar-refractivity contribution in [2.24, 2.45) is 0 Å². The van der Waals surface area contributed by atoms with Gasteiger partial charge in [-0.05, 0) is 24.3 Å². The predicted octanol–water partition coefficient (Wildman–Crippen LogP) is 2.90. The van der Waals surface area contributed by atoms with Crippen LogP contribution in [0.3, 0.4) is 0 Å². The quantitative estimate of drug-likeness (QED) is 0.236. The van der Waals surface area contributed by atoms with E-state index in [0.717, 1.165) is 34.7 Å². The Hall–Kier alpha value is -3.64. The van der Waals surface area contributed by atoms with Crippen molar-refractivity contribution in [3.8, 4) is 22.9 Å². The summed E-state index contributed by atoms with van der Waals surface area (Å²) in [5.41, 5.74) is 1.63. The second-order valence-corrected chi connectivity index (χ2v) is 8.61. The molecular weight excluding hydrogens is 476 g/mol. The molecule has 2 N–H and O–H groups in total. The molecule has 0 saturated heterocycles. The van der Waals surface area contributed by atoms with Crippen molar-refractivity contribution in [2.75, 3.05) is 24.6 Å². The lowest BCUT2D eigenvalue weighted by atomic mass is 10.2. The summed E-state index contributed by atoms with van der Waals surface area (Å²) in [7, 11) is 0. The number of carbonyl (C=O) groups is 2. The van der Waals surface area contributed by atoms with Crippen LogP contribution in [0.5, 0.6) is 0 Å². The molecule has 2 aromatic heterocycles. The Morgan fingerprint density at radius 3 is 1.47 bits per heavy atom. The molecule has 2 heterocycles. The molecule has 0 aliphatic rings. The molecule has 0 bridgehead atoms. The Kier molecular flexibility index (Phi) is 8.30. The third-order valence-corrected chi connectivity index (χ3v) is 5.91. The molecule has 0 aliphatic heterocycles. The van der Waals surface area contributed by atoms with Crippen LogP contribution in [0.1, 0.15) is 0 Å². The van der Waals surface area contributed by atoms with Gasteiger partial charge in [-0.15, -0.1) is 20.4 Å². The average molecular weight is 497 g/mol. The van der Waals surface area contributed by atoms with E-state index in [1.807, 2.05) is 60.7 Å². The molecule has 0 radical (unpaired) electrons. The number of benzene rings is 2. The predicted molar refractivity (Wildman–Crippen MR) is 127 cm³/mol. The van der Waals surface area contributed by atoms with Gasteiger partial charge in [0.15, 0.2) is 0 Å². The highest BCUT2D eigenvalue weighted by atomic mass is 32.2. The number of nitrogens with one attached hydrogen (secondary N) is 2. The summed E-state index contributed by atoms with van der Waals surface area (Å²) in [6, 6.07) is 18.8. The fraction of sp³-hybridized carbons (Fsp3) is 0.182. The normalized spacial score (nSPS) is 10.7. The van der Waals surface area contributed by atoms with Crippen LogP contribution in [0.2, 0.25) is 0 Å². The van der Waals surface area contributed by atoms with Gasteiger partial charge in [-0.3, -0.25) is 9.59 Å². The summed E-state index contributed by atoms with van der Waals surface area (Å²) in [5.74, 6) is 0.656. The maximum Gasteiger partial charge on any atom is 0.277 e. The van der Waals surface area contributed by atoms with E-state index >= 15 is 0 Å². The highest BCUT2D eigenvalue weighted by Gasteiger charge is 2.12. The Morgan fingerprint density at radius 1 is 0.647 bits per heavy atom. The molecule has 0 aliphatic carbocycles. The number of nitrogens with zero attached hydrogens (tertiary/aromatic N) is 4. The molecule has 2 amide bonds. The smallest absolute Gasteiger partial charge is 0.277 e. The molecule has 4 aromatic rings. The zero-order valence-electron chi connectivity index (χ0n) is 17.8. The number of rotatable bonds is 11. The molecule has 0 spiro atoms. The van der Waals surface area contributed by atoms with E-state index < -0.39 is 0 Å². The summed E-state index contributed by atoms with van der Waals surface area (Å²) in [4.78, 5) is 24.0. The van der Waals surface area contributed by atoms with E-state index in [0.29, 0.717) is 35.3 Å². The van der Waals surface area contributed by atoms with E-state index in [9.17, 15) is 9.59 Å². The first-order chi connectivity index (χ1) is 16.7. The van der Waals surface area contributed by atoms with Crippen LogP contribution < -0.4 is 10.6 Å². The summed E-state index contributed by atoms with van der Waals surface area (Å²) >= 11 is 2.30. The highest BCUT2D eigenvalue weighted by molar-refractivity contribution is 7.99. The largest absolute Gasteiger partial charge is 0.411 e. The second kappa shape index (κ2) is 12.0. The SMILES string of the molecule is O=C(CSc1nnc(-c2ccccc2)o1)NCCNC(=O)CSc1nnc(-c2ccccc2)o1. The van der Waals surface area contributed by atoms with Gasteiger partial charge >= 0.3 is 0 Å². The number of hydrogen-bond donors (Lipinski definition) is 2. The Labute approximate surface area is 203 Å². The fourth-order valence-electron chi connectivity index (χ4n) is 2.69. The van der Waals surface area contributed by atoms with Crippen LogP contribution in [0.25, 0.3) is 22.9 Å². The van der Waals surface area contributed by atoms with Crippen LogP contribution in [-0.4, -0.2) is 56.8 Å². The first-order valence-electron chi connectivity index (χ1n) is 10.2. The van der Waals surface area contributed by atoms with Crippen molar-refractivity contribution in [1.29, 1.82) is 0 Å². The van der Waals surface area contributed by atoms with Gasteiger partial charge in [-0.25, -0.2) is 0 Å². The first-order valence-corrected chi connectivity index (χ1v) is 12.2. The van der Waals surface area contributed by atoms with Crippen LogP contribution in [0.4, 0.5) is 0 Å². The zero-order chi connectivity index (χ0) is 23.6. The van der Waals surface area contributed by atoms with Gasteiger partial charge in [0, 0.05) is 24.2 Å². The molecule has 0 unspecified atom stereocenters. The van der Waals surface area contributed by atoms with Crippen molar-refractivity contribution < 1.29 is 18.4 Å². The monoisotopic (exact) mass is 496 g/mol. The third-order valence-electron chi connectivity index (χ3n) is 4.28. The molecular formula is C22H20N6O4S2. The van der Waals surface area contributed by atoms with E-state index in [1.54, 1.807) is 0 Å². The Morgan fingerprint density at radius 2 is 1.06 bits per heavy atom. The van der Waals surface area contributed by atoms with Gasteiger partial charge < -0.3 is 19.5 Å². The standard InChI is InChI=1S/C22H20N6O4S2/c29-17(13-33-21-27-25-19(31-21)15-7-3-1-4-8-15)23-11-12-24-18(30)14-34-22-28-26-20(32-22)16-9-5-2-6-10-16/h1-10H,11-14H2,(H,23,29)(H,24,30).